The van der Waals surface area contributed by atoms with Crippen molar-refractivity contribution in [1.29, 1.82) is 0 Å². The van der Waals surface area contributed by atoms with E-state index >= 15 is 0 Å². The molecule has 0 amide bonds. The first-order valence-electron chi connectivity index (χ1n) is 9.31. The number of anilines is 1. The number of ether oxygens (including phenoxy) is 1. The van der Waals surface area contributed by atoms with Crippen molar-refractivity contribution in [3.63, 3.8) is 0 Å². The molecule has 1 N–H and O–H groups in total. The predicted molar refractivity (Wildman–Crippen MR) is 105 cm³/mol. The van der Waals surface area contributed by atoms with Gasteiger partial charge in [-0.05, 0) is 43.0 Å². The van der Waals surface area contributed by atoms with Gasteiger partial charge in [-0.1, -0.05) is 38.8 Å². The van der Waals surface area contributed by atoms with Gasteiger partial charge in [-0.15, -0.1) is 0 Å². The van der Waals surface area contributed by atoms with Crippen LogP contribution in [-0.2, 0) is 6.54 Å². The first kappa shape index (κ1) is 19.1. The van der Waals surface area contributed by atoms with Crippen molar-refractivity contribution >= 4 is 5.69 Å². The van der Waals surface area contributed by atoms with Gasteiger partial charge >= 0.3 is 0 Å². The lowest BCUT2D eigenvalue weighted by molar-refractivity contribution is 0.305. The Morgan fingerprint density at radius 1 is 1.12 bits per heavy atom. The molecular weight excluding hydrogens is 312 g/mol. The van der Waals surface area contributed by atoms with Gasteiger partial charge in [-0.25, -0.2) is 0 Å². The van der Waals surface area contributed by atoms with Gasteiger partial charge < -0.3 is 14.6 Å². The van der Waals surface area contributed by atoms with Crippen molar-refractivity contribution in [2.75, 3.05) is 18.5 Å². The van der Waals surface area contributed by atoms with E-state index in [2.05, 4.69) is 38.2 Å². The molecule has 1 heterocycles. The fraction of sp³-hybridized carbons (Fsp3) is 0.476. The summed E-state index contributed by atoms with van der Waals surface area (Å²) in [7, 11) is 0. The number of pyridine rings is 1. The van der Waals surface area contributed by atoms with Gasteiger partial charge in [0, 0.05) is 24.5 Å². The minimum atomic E-state index is -0.0284. The lowest BCUT2D eigenvalue weighted by Gasteiger charge is -2.14. The Kier molecular flexibility index (Phi) is 7.58. The van der Waals surface area contributed by atoms with Gasteiger partial charge in [0.1, 0.15) is 5.75 Å². The average Bonchev–Trinajstić information content (AvgIpc) is 2.61. The second-order valence-corrected chi connectivity index (χ2v) is 6.40. The summed E-state index contributed by atoms with van der Waals surface area (Å²) in [5.74, 6) is 0.660. The van der Waals surface area contributed by atoms with E-state index in [-0.39, 0.29) is 5.56 Å². The highest BCUT2D eigenvalue weighted by molar-refractivity contribution is 5.54. The van der Waals surface area contributed by atoms with E-state index in [1.165, 1.54) is 5.56 Å². The lowest BCUT2D eigenvalue weighted by Crippen LogP contribution is -2.20. The van der Waals surface area contributed by atoms with Crippen LogP contribution in [0.2, 0.25) is 0 Å². The zero-order valence-electron chi connectivity index (χ0n) is 15.7. The fourth-order valence-electron chi connectivity index (χ4n) is 2.74. The third-order valence-electron chi connectivity index (χ3n) is 4.34. The van der Waals surface area contributed by atoms with Crippen molar-refractivity contribution < 1.29 is 4.74 Å². The molecule has 2 aromatic rings. The molecule has 0 saturated heterocycles. The van der Waals surface area contributed by atoms with Crippen LogP contribution in [0.15, 0.2) is 41.3 Å². The topological polar surface area (TPSA) is 43.3 Å². The second-order valence-electron chi connectivity index (χ2n) is 6.40. The molecule has 1 aromatic heterocycles. The Morgan fingerprint density at radius 3 is 2.68 bits per heavy atom. The Bertz CT molecular complexity index is 722. The van der Waals surface area contributed by atoms with Crippen LogP contribution in [0.5, 0.6) is 5.75 Å². The normalized spacial score (nSPS) is 10.7. The molecule has 1 aromatic carbocycles. The average molecular weight is 342 g/mol. The molecule has 0 radical (unpaired) electrons. The van der Waals surface area contributed by atoms with E-state index in [0.717, 1.165) is 43.5 Å². The molecule has 25 heavy (non-hydrogen) atoms. The van der Waals surface area contributed by atoms with E-state index in [1.807, 2.05) is 18.3 Å². The van der Waals surface area contributed by atoms with Crippen LogP contribution in [0.4, 0.5) is 5.69 Å². The van der Waals surface area contributed by atoms with E-state index in [1.54, 1.807) is 10.6 Å². The Morgan fingerprint density at radius 2 is 1.96 bits per heavy atom. The first-order valence-corrected chi connectivity index (χ1v) is 9.31. The van der Waals surface area contributed by atoms with Crippen molar-refractivity contribution in [3.8, 4) is 5.75 Å². The molecule has 0 saturated carbocycles. The van der Waals surface area contributed by atoms with Crippen molar-refractivity contribution in [2.24, 2.45) is 0 Å². The summed E-state index contributed by atoms with van der Waals surface area (Å²) in [6.07, 6.45) is 6.25. The maximum atomic E-state index is 12.4. The van der Waals surface area contributed by atoms with Crippen molar-refractivity contribution in [3.05, 3.63) is 58.0 Å². The fourth-order valence-corrected chi connectivity index (χ4v) is 2.74. The van der Waals surface area contributed by atoms with Gasteiger partial charge in [-0.3, -0.25) is 4.79 Å². The van der Waals surface area contributed by atoms with Gasteiger partial charge in [0.2, 0.25) is 0 Å². The van der Waals surface area contributed by atoms with Crippen LogP contribution >= 0.6 is 0 Å². The number of benzene rings is 1. The van der Waals surface area contributed by atoms with E-state index in [0.29, 0.717) is 18.9 Å². The maximum Gasteiger partial charge on any atom is 0.254 e. The van der Waals surface area contributed by atoms with Crippen LogP contribution < -0.4 is 15.6 Å². The van der Waals surface area contributed by atoms with Crippen LogP contribution in [0.1, 0.15) is 50.7 Å². The molecule has 0 spiro atoms. The largest absolute Gasteiger partial charge is 0.493 e. The molecule has 0 fully saturated rings. The minimum absolute atomic E-state index is 0.0284. The molecule has 0 aliphatic carbocycles. The van der Waals surface area contributed by atoms with Crippen LogP contribution in [0, 0.1) is 6.92 Å². The zero-order chi connectivity index (χ0) is 18.1. The predicted octanol–water partition coefficient (Wildman–Crippen LogP) is 4.60. The molecule has 0 aliphatic rings. The van der Waals surface area contributed by atoms with Crippen molar-refractivity contribution in [1.82, 2.24) is 4.57 Å². The molecule has 0 aliphatic heterocycles. The summed E-state index contributed by atoms with van der Waals surface area (Å²) in [6, 6.07) is 9.66. The van der Waals surface area contributed by atoms with Gasteiger partial charge in [-0.2, -0.15) is 0 Å². The number of unbranched alkanes of at least 4 members (excludes halogenated alkanes) is 2. The van der Waals surface area contributed by atoms with Gasteiger partial charge in [0.05, 0.1) is 13.2 Å². The highest BCUT2D eigenvalue weighted by atomic mass is 16.5. The summed E-state index contributed by atoms with van der Waals surface area (Å²) in [5.41, 5.74) is 3.46. The smallest absolute Gasteiger partial charge is 0.254 e. The number of nitrogens with one attached hydrogen (secondary N) is 1. The molecule has 0 unspecified atom stereocenters. The standard InChI is InChI=1S/C21H30N2O2/c1-4-6-7-14-25-19-11-13-23(21(24)15-19)16-18-9-8-10-20(17(18)3)22-12-5-2/h8-11,13,15,22H,4-7,12,14,16H2,1-3H3. The maximum absolute atomic E-state index is 12.4. The van der Waals surface area contributed by atoms with Crippen LogP contribution in [0.3, 0.4) is 0 Å². The summed E-state index contributed by atoms with van der Waals surface area (Å²) >= 11 is 0. The Labute approximate surface area is 150 Å². The number of aromatic nitrogens is 1. The number of nitrogens with zero attached hydrogens (tertiary/aromatic N) is 1. The third kappa shape index (κ3) is 5.66. The van der Waals surface area contributed by atoms with E-state index < -0.39 is 0 Å². The van der Waals surface area contributed by atoms with Crippen molar-refractivity contribution in [2.45, 2.75) is 53.0 Å². The Hall–Kier alpha value is -2.23. The monoisotopic (exact) mass is 342 g/mol. The molecule has 0 bridgehead atoms. The summed E-state index contributed by atoms with van der Waals surface area (Å²) < 4.78 is 7.38. The highest BCUT2D eigenvalue weighted by Gasteiger charge is 2.06. The SMILES string of the molecule is CCCCCOc1ccn(Cc2cccc(NCCC)c2C)c(=O)c1. The molecule has 136 valence electrons. The third-order valence-corrected chi connectivity index (χ3v) is 4.34. The quantitative estimate of drug-likeness (QED) is 0.642. The van der Waals surface area contributed by atoms with E-state index in [4.69, 9.17) is 4.74 Å². The Balaban J connectivity index is 2.06. The van der Waals surface area contributed by atoms with Gasteiger partial charge in [0.25, 0.3) is 5.56 Å². The zero-order valence-corrected chi connectivity index (χ0v) is 15.7. The van der Waals surface area contributed by atoms with E-state index in [9.17, 15) is 4.79 Å². The van der Waals surface area contributed by atoms with Gasteiger partial charge in [0.15, 0.2) is 0 Å². The number of hydrogen-bond donors (Lipinski definition) is 1. The molecule has 4 heteroatoms. The van der Waals surface area contributed by atoms with Crippen LogP contribution in [0.25, 0.3) is 0 Å². The minimum Gasteiger partial charge on any atom is -0.493 e. The summed E-state index contributed by atoms with van der Waals surface area (Å²) in [4.78, 5) is 12.4. The second kappa shape index (κ2) is 9.92. The van der Waals surface area contributed by atoms with Crippen LogP contribution in [-0.4, -0.2) is 17.7 Å². The lowest BCUT2D eigenvalue weighted by atomic mass is 10.1. The first-order chi connectivity index (χ1) is 12.2. The summed E-state index contributed by atoms with van der Waals surface area (Å²) in [6.45, 7) is 8.61. The number of rotatable bonds is 10. The molecular formula is C21H30N2O2. The molecule has 2 rings (SSSR count). The number of hydrogen-bond acceptors (Lipinski definition) is 3. The summed E-state index contributed by atoms with van der Waals surface area (Å²) in [5, 5.41) is 3.44. The molecule has 0 atom stereocenters. The highest BCUT2D eigenvalue weighted by Crippen LogP contribution is 2.20. The molecule has 4 nitrogen and oxygen atoms in total.